The Bertz CT molecular complexity index is 994. The van der Waals surface area contributed by atoms with Gasteiger partial charge in [-0.05, 0) is 26.3 Å². The van der Waals surface area contributed by atoms with Crippen LogP contribution in [0.1, 0.15) is 56.7 Å². The van der Waals surface area contributed by atoms with Crippen molar-refractivity contribution in [2.75, 3.05) is 13.1 Å². The summed E-state index contributed by atoms with van der Waals surface area (Å²) in [6.45, 7) is 6.88. The van der Waals surface area contributed by atoms with E-state index in [1.807, 2.05) is 24.5 Å². The number of amides is 2. The van der Waals surface area contributed by atoms with E-state index < -0.39 is 6.04 Å². The molecule has 0 aromatic carbocycles. The number of fused-ring (bicyclic) bond motifs is 4. The van der Waals surface area contributed by atoms with E-state index in [9.17, 15) is 14.4 Å². The zero-order valence-corrected chi connectivity index (χ0v) is 16.9. The quantitative estimate of drug-likeness (QED) is 0.822. The Labute approximate surface area is 168 Å². The zero-order valence-electron chi connectivity index (χ0n) is 16.9. The third-order valence-corrected chi connectivity index (χ3v) is 5.99. The number of nitrogens with zero attached hydrogens (tertiary/aromatic N) is 5. The summed E-state index contributed by atoms with van der Waals surface area (Å²) in [6.07, 6.45) is 2.43. The normalized spacial score (nSPS) is 23.0. The molecule has 1 N–H and O–H groups in total. The van der Waals surface area contributed by atoms with Gasteiger partial charge in [0.05, 0.1) is 6.54 Å². The van der Waals surface area contributed by atoms with Gasteiger partial charge in [-0.2, -0.15) is 0 Å². The minimum Gasteiger partial charge on any atom is -0.347 e. The Kier molecular flexibility index (Phi) is 4.97. The molecule has 9 nitrogen and oxygen atoms in total. The number of nitrogens with one attached hydrogen (secondary N) is 1. The summed E-state index contributed by atoms with van der Waals surface area (Å²) in [5, 5.41) is 11.0. The van der Waals surface area contributed by atoms with E-state index in [-0.39, 0.29) is 41.8 Å². The first-order valence-corrected chi connectivity index (χ1v) is 10.00. The van der Waals surface area contributed by atoms with Crippen molar-refractivity contribution >= 4 is 11.8 Å². The van der Waals surface area contributed by atoms with Crippen LogP contribution >= 0.6 is 0 Å². The first-order chi connectivity index (χ1) is 13.9. The molecule has 1 saturated heterocycles. The van der Waals surface area contributed by atoms with E-state index in [0.29, 0.717) is 18.9 Å². The molecule has 29 heavy (non-hydrogen) atoms. The monoisotopic (exact) mass is 398 g/mol. The lowest BCUT2D eigenvalue weighted by atomic mass is 9.78. The maximum atomic E-state index is 13.2. The second kappa shape index (κ2) is 7.46. The molecule has 2 amide bonds. The number of piperidine rings is 1. The van der Waals surface area contributed by atoms with Crippen LogP contribution in [-0.4, -0.2) is 49.1 Å². The zero-order chi connectivity index (χ0) is 20.7. The molecule has 4 heterocycles. The molecule has 2 aromatic rings. The Morgan fingerprint density at radius 1 is 1.28 bits per heavy atom. The largest absolute Gasteiger partial charge is 0.347 e. The average Bonchev–Trinajstić information content (AvgIpc) is 3.16. The highest BCUT2D eigenvalue weighted by molar-refractivity contribution is 5.81. The van der Waals surface area contributed by atoms with Crippen molar-refractivity contribution in [3.05, 3.63) is 46.4 Å². The van der Waals surface area contributed by atoms with Crippen LogP contribution in [0.5, 0.6) is 0 Å². The number of aromatic nitrogens is 4. The van der Waals surface area contributed by atoms with Gasteiger partial charge >= 0.3 is 0 Å². The topological polar surface area (TPSA) is 102 Å². The van der Waals surface area contributed by atoms with Gasteiger partial charge in [0.15, 0.2) is 5.82 Å². The van der Waals surface area contributed by atoms with Gasteiger partial charge in [0, 0.05) is 49.7 Å². The lowest BCUT2D eigenvalue weighted by molar-refractivity contribution is -0.135. The molecule has 1 fully saturated rings. The number of hydrogen-bond donors (Lipinski definition) is 1. The highest BCUT2D eigenvalue weighted by atomic mass is 16.2. The Hall–Kier alpha value is -2.97. The molecule has 9 heteroatoms. The van der Waals surface area contributed by atoms with Gasteiger partial charge < -0.3 is 14.8 Å². The van der Waals surface area contributed by atoms with Crippen molar-refractivity contribution in [2.45, 2.75) is 51.7 Å². The molecule has 0 radical (unpaired) electrons. The molecule has 2 bridgehead atoms. The summed E-state index contributed by atoms with van der Waals surface area (Å²) in [4.78, 5) is 39.7. The van der Waals surface area contributed by atoms with Gasteiger partial charge in [0.25, 0.3) is 5.56 Å². The van der Waals surface area contributed by atoms with Crippen molar-refractivity contribution in [1.29, 1.82) is 0 Å². The SMILES string of the molecule is CC(=O)N1C[C@H]2C[C@@H](C1)[C@H](C(=O)NCc1nncn1C(C)C)n1c2cccc1=O. The molecular weight excluding hydrogens is 372 g/mol. The molecule has 0 unspecified atom stereocenters. The lowest BCUT2D eigenvalue weighted by Gasteiger charge is -2.46. The third kappa shape index (κ3) is 3.45. The van der Waals surface area contributed by atoms with Crippen LogP contribution in [0.4, 0.5) is 0 Å². The van der Waals surface area contributed by atoms with Gasteiger partial charge in [-0.3, -0.25) is 19.0 Å². The predicted octanol–water partition coefficient (Wildman–Crippen LogP) is 0.844. The number of likely N-dealkylation sites (tertiary alicyclic amines) is 1. The first kappa shape index (κ1) is 19.4. The molecule has 2 aromatic heterocycles. The Morgan fingerprint density at radius 3 is 2.79 bits per heavy atom. The van der Waals surface area contributed by atoms with Crippen molar-refractivity contribution in [3.63, 3.8) is 0 Å². The van der Waals surface area contributed by atoms with Crippen molar-refractivity contribution < 1.29 is 9.59 Å². The first-order valence-electron chi connectivity index (χ1n) is 10.00. The Morgan fingerprint density at radius 2 is 2.07 bits per heavy atom. The van der Waals surface area contributed by atoms with E-state index in [0.717, 1.165) is 12.1 Å². The summed E-state index contributed by atoms with van der Waals surface area (Å²) in [5.41, 5.74) is 0.643. The summed E-state index contributed by atoms with van der Waals surface area (Å²) in [6, 6.07) is 4.64. The molecule has 2 aliphatic heterocycles. The van der Waals surface area contributed by atoms with Crippen LogP contribution in [0.2, 0.25) is 0 Å². The number of carbonyl (C=O) groups is 2. The van der Waals surface area contributed by atoms with E-state index in [1.54, 1.807) is 28.8 Å². The van der Waals surface area contributed by atoms with E-state index in [2.05, 4.69) is 15.5 Å². The summed E-state index contributed by atoms with van der Waals surface area (Å²) in [5.74, 6) is 0.395. The van der Waals surface area contributed by atoms with Gasteiger partial charge in [-0.15, -0.1) is 10.2 Å². The van der Waals surface area contributed by atoms with Crippen LogP contribution in [0.15, 0.2) is 29.3 Å². The minimum atomic E-state index is -0.646. The van der Waals surface area contributed by atoms with E-state index in [1.165, 1.54) is 6.07 Å². The molecule has 2 aliphatic rings. The fourth-order valence-corrected chi connectivity index (χ4v) is 4.62. The van der Waals surface area contributed by atoms with Crippen LogP contribution in [0.25, 0.3) is 0 Å². The predicted molar refractivity (Wildman–Crippen MR) is 105 cm³/mol. The summed E-state index contributed by atoms with van der Waals surface area (Å²) in [7, 11) is 0. The van der Waals surface area contributed by atoms with Crippen molar-refractivity contribution in [2.24, 2.45) is 5.92 Å². The van der Waals surface area contributed by atoms with Crippen LogP contribution in [-0.2, 0) is 16.1 Å². The average molecular weight is 398 g/mol. The summed E-state index contributed by atoms with van der Waals surface area (Å²) >= 11 is 0. The highest BCUT2D eigenvalue weighted by Crippen LogP contribution is 2.41. The lowest BCUT2D eigenvalue weighted by Crippen LogP contribution is -2.54. The number of hydrogen-bond acceptors (Lipinski definition) is 5. The summed E-state index contributed by atoms with van der Waals surface area (Å²) < 4.78 is 3.52. The molecule has 0 saturated carbocycles. The molecule has 0 aliphatic carbocycles. The highest BCUT2D eigenvalue weighted by Gasteiger charge is 2.44. The second-order valence-electron chi connectivity index (χ2n) is 8.19. The van der Waals surface area contributed by atoms with Gasteiger partial charge in [0.2, 0.25) is 11.8 Å². The van der Waals surface area contributed by atoms with Gasteiger partial charge in [0.1, 0.15) is 12.4 Å². The van der Waals surface area contributed by atoms with Crippen molar-refractivity contribution in [1.82, 2.24) is 29.5 Å². The Balaban J connectivity index is 1.63. The molecule has 4 rings (SSSR count). The maximum absolute atomic E-state index is 13.2. The number of carbonyl (C=O) groups excluding carboxylic acids is 2. The molecular formula is C20H26N6O3. The van der Waals surface area contributed by atoms with Gasteiger partial charge in [-0.1, -0.05) is 6.07 Å². The van der Waals surface area contributed by atoms with Gasteiger partial charge in [-0.25, -0.2) is 0 Å². The second-order valence-corrected chi connectivity index (χ2v) is 8.19. The fourth-order valence-electron chi connectivity index (χ4n) is 4.62. The number of rotatable bonds is 4. The standard InChI is InChI=1S/C20H26N6O3/c1-12(2)25-11-22-23-17(25)8-21-20(29)19-15-7-14(9-24(10-15)13(3)27)16-5-4-6-18(28)26(16)19/h4-6,11-12,14-15,19H,7-10H2,1-3H3,(H,21,29)/t14-,15+,19-/m1/s1. The number of pyridine rings is 1. The van der Waals surface area contributed by atoms with Crippen LogP contribution in [0, 0.1) is 5.92 Å². The van der Waals surface area contributed by atoms with E-state index >= 15 is 0 Å². The van der Waals surface area contributed by atoms with Crippen LogP contribution in [0.3, 0.4) is 0 Å². The van der Waals surface area contributed by atoms with E-state index in [4.69, 9.17) is 0 Å². The smallest absolute Gasteiger partial charge is 0.251 e. The minimum absolute atomic E-state index is 0.00405. The maximum Gasteiger partial charge on any atom is 0.251 e. The van der Waals surface area contributed by atoms with Crippen molar-refractivity contribution in [3.8, 4) is 0 Å². The molecule has 154 valence electrons. The van der Waals surface area contributed by atoms with Crippen LogP contribution < -0.4 is 10.9 Å². The molecule has 0 spiro atoms. The molecule has 3 atom stereocenters. The fraction of sp³-hybridized carbons (Fsp3) is 0.550. The third-order valence-electron chi connectivity index (χ3n) is 5.99.